The average Bonchev–Trinajstić information content (AvgIpc) is 3.61. The molecule has 4 aromatic rings. The zero-order chi connectivity index (χ0) is 25.6. The molecule has 0 aliphatic heterocycles. The van der Waals surface area contributed by atoms with E-state index in [-0.39, 0.29) is 18.4 Å². The largest absolute Gasteiger partial charge is 0.497 e. The van der Waals surface area contributed by atoms with Crippen molar-refractivity contribution in [1.29, 1.82) is 0 Å². The fraction of sp³-hybridized carbons (Fsp3) is 0.370. The Labute approximate surface area is 215 Å². The number of hydrogen-bond acceptors (Lipinski definition) is 8. The lowest BCUT2D eigenvalue weighted by Crippen LogP contribution is -2.25. The summed E-state index contributed by atoms with van der Waals surface area (Å²) < 4.78 is 20.2. The summed E-state index contributed by atoms with van der Waals surface area (Å²) in [7, 11) is 1.63. The van der Waals surface area contributed by atoms with E-state index in [1.165, 1.54) is 11.9 Å². The monoisotopic (exact) mass is 502 g/mol. The number of carbonyl (C=O) groups excluding carboxylic acids is 1. The SMILES string of the molecule is CCOC(=O)c1nnn(Cc2ccc(OC)cc2)c1OC1CCC(c2ccc(-n3cncn3)cc2)CC1. The Morgan fingerprint density at radius 3 is 2.43 bits per heavy atom. The molecule has 10 heteroatoms. The average molecular weight is 503 g/mol. The van der Waals surface area contributed by atoms with E-state index < -0.39 is 5.97 Å². The molecule has 2 aromatic carbocycles. The van der Waals surface area contributed by atoms with E-state index in [0.717, 1.165) is 42.7 Å². The van der Waals surface area contributed by atoms with Crippen LogP contribution in [0.4, 0.5) is 0 Å². The minimum Gasteiger partial charge on any atom is -0.497 e. The molecule has 0 spiro atoms. The van der Waals surface area contributed by atoms with E-state index in [1.54, 1.807) is 29.7 Å². The highest BCUT2D eigenvalue weighted by Crippen LogP contribution is 2.35. The fourth-order valence-corrected chi connectivity index (χ4v) is 4.67. The van der Waals surface area contributed by atoms with Crippen LogP contribution >= 0.6 is 0 Å². The van der Waals surface area contributed by atoms with Gasteiger partial charge >= 0.3 is 5.97 Å². The van der Waals surface area contributed by atoms with Gasteiger partial charge in [-0.1, -0.05) is 29.5 Å². The van der Waals surface area contributed by atoms with Crippen LogP contribution in [0.25, 0.3) is 5.69 Å². The second-order valence-electron chi connectivity index (χ2n) is 8.99. The van der Waals surface area contributed by atoms with Gasteiger partial charge in [0.15, 0.2) is 0 Å². The van der Waals surface area contributed by atoms with E-state index in [4.69, 9.17) is 14.2 Å². The Hall–Kier alpha value is -4.21. The summed E-state index contributed by atoms with van der Waals surface area (Å²) in [4.78, 5) is 16.6. The number of nitrogens with zero attached hydrogens (tertiary/aromatic N) is 6. The number of ether oxygens (including phenoxy) is 3. The quantitative estimate of drug-likeness (QED) is 0.314. The molecule has 0 atom stereocenters. The summed E-state index contributed by atoms with van der Waals surface area (Å²) in [6, 6.07) is 16.1. The van der Waals surface area contributed by atoms with Crippen LogP contribution in [0.5, 0.6) is 11.6 Å². The summed E-state index contributed by atoms with van der Waals surface area (Å²) in [6.07, 6.45) is 6.89. The Morgan fingerprint density at radius 2 is 1.78 bits per heavy atom. The fourth-order valence-electron chi connectivity index (χ4n) is 4.67. The minimum absolute atomic E-state index is 0.0352. The third kappa shape index (κ3) is 5.63. The van der Waals surface area contributed by atoms with Gasteiger partial charge in [-0.05, 0) is 73.9 Å². The normalized spacial score (nSPS) is 17.4. The molecular formula is C27H30N6O4. The van der Waals surface area contributed by atoms with E-state index in [1.807, 2.05) is 24.3 Å². The number of methoxy groups -OCH3 is 1. The van der Waals surface area contributed by atoms with Gasteiger partial charge < -0.3 is 14.2 Å². The lowest BCUT2D eigenvalue weighted by atomic mass is 9.82. The Bertz CT molecular complexity index is 1290. The van der Waals surface area contributed by atoms with Crippen molar-refractivity contribution >= 4 is 5.97 Å². The summed E-state index contributed by atoms with van der Waals surface area (Å²) in [6.45, 7) is 2.43. The van der Waals surface area contributed by atoms with E-state index >= 15 is 0 Å². The molecule has 5 rings (SSSR count). The maximum atomic E-state index is 12.6. The molecule has 37 heavy (non-hydrogen) atoms. The first kappa shape index (κ1) is 24.5. The molecule has 1 aliphatic carbocycles. The molecule has 2 aromatic heterocycles. The van der Waals surface area contributed by atoms with Gasteiger partial charge in [0.05, 0.1) is 25.9 Å². The van der Waals surface area contributed by atoms with Crippen LogP contribution in [0.1, 0.15) is 60.1 Å². The van der Waals surface area contributed by atoms with Crippen LogP contribution in [-0.4, -0.2) is 55.5 Å². The Kier molecular flexibility index (Phi) is 7.43. The molecule has 1 aliphatic rings. The second kappa shape index (κ2) is 11.2. The first-order chi connectivity index (χ1) is 18.1. The molecule has 0 unspecified atom stereocenters. The highest BCUT2D eigenvalue weighted by Gasteiger charge is 2.29. The van der Waals surface area contributed by atoms with Crippen molar-refractivity contribution in [3.63, 3.8) is 0 Å². The zero-order valence-electron chi connectivity index (χ0n) is 21.0. The molecule has 2 heterocycles. The molecule has 0 radical (unpaired) electrons. The number of hydrogen-bond donors (Lipinski definition) is 0. The smallest absolute Gasteiger partial charge is 0.364 e. The topological polar surface area (TPSA) is 106 Å². The first-order valence-corrected chi connectivity index (χ1v) is 12.5. The molecule has 0 amide bonds. The molecule has 0 bridgehead atoms. The van der Waals surface area contributed by atoms with Gasteiger partial charge in [0, 0.05) is 0 Å². The van der Waals surface area contributed by atoms with Crippen molar-refractivity contribution in [3.05, 3.63) is 78.0 Å². The molecular weight excluding hydrogens is 472 g/mol. The van der Waals surface area contributed by atoms with E-state index in [9.17, 15) is 4.79 Å². The highest BCUT2D eigenvalue weighted by atomic mass is 16.5. The van der Waals surface area contributed by atoms with Gasteiger partial charge in [0.2, 0.25) is 11.6 Å². The van der Waals surface area contributed by atoms with Crippen molar-refractivity contribution in [1.82, 2.24) is 29.8 Å². The number of rotatable bonds is 9. The molecule has 0 N–H and O–H groups in total. The summed E-state index contributed by atoms with van der Waals surface area (Å²) in [5, 5.41) is 12.5. The summed E-state index contributed by atoms with van der Waals surface area (Å²) in [5.74, 6) is 1.06. The molecule has 1 fully saturated rings. The van der Waals surface area contributed by atoms with Crippen LogP contribution in [0.3, 0.4) is 0 Å². The maximum Gasteiger partial charge on any atom is 0.364 e. The van der Waals surface area contributed by atoms with Crippen LogP contribution in [-0.2, 0) is 11.3 Å². The van der Waals surface area contributed by atoms with Crippen LogP contribution in [0.2, 0.25) is 0 Å². The lowest BCUT2D eigenvalue weighted by molar-refractivity contribution is 0.0507. The highest BCUT2D eigenvalue weighted by molar-refractivity contribution is 5.89. The van der Waals surface area contributed by atoms with Crippen LogP contribution in [0.15, 0.2) is 61.2 Å². The van der Waals surface area contributed by atoms with Gasteiger partial charge in [-0.3, -0.25) is 0 Å². The van der Waals surface area contributed by atoms with E-state index in [2.05, 4.69) is 44.7 Å². The zero-order valence-corrected chi connectivity index (χ0v) is 21.0. The van der Waals surface area contributed by atoms with Gasteiger partial charge in [0.1, 0.15) is 24.5 Å². The third-order valence-electron chi connectivity index (χ3n) is 6.65. The van der Waals surface area contributed by atoms with Crippen molar-refractivity contribution < 1.29 is 19.0 Å². The molecule has 0 saturated heterocycles. The second-order valence-corrected chi connectivity index (χ2v) is 8.99. The van der Waals surface area contributed by atoms with Crippen LogP contribution in [0, 0.1) is 0 Å². The number of carbonyl (C=O) groups is 1. The molecule has 10 nitrogen and oxygen atoms in total. The van der Waals surface area contributed by atoms with Crippen molar-refractivity contribution in [3.8, 4) is 17.3 Å². The standard InChI is InChI=1S/C27H30N6O4/c1-3-36-27(34)25-26(32(31-30-25)16-19-4-12-23(35-2)13-5-19)37-24-14-8-21(9-15-24)20-6-10-22(11-7-20)33-18-28-17-29-33/h4-7,10-13,17-18,21,24H,3,8-9,14-16H2,1-2H3. The Morgan fingerprint density at radius 1 is 1.03 bits per heavy atom. The minimum atomic E-state index is -0.528. The lowest BCUT2D eigenvalue weighted by Gasteiger charge is -2.29. The van der Waals surface area contributed by atoms with Crippen LogP contribution < -0.4 is 9.47 Å². The number of aromatic nitrogens is 6. The van der Waals surface area contributed by atoms with Gasteiger partial charge in [0.25, 0.3) is 0 Å². The van der Waals surface area contributed by atoms with Crippen molar-refractivity contribution in [2.24, 2.45) is 0 Å². The maximum absolute atomic E-state index is 12.6. The number of benzene rings is 2. The van der Waals surface area contributed by atoms with Gasteiger partial charge in [-0.25, -0.2) is 19.1 Å². The van der Waals surface area contributed by atoms with Crippen molar-refractivity contribution in [2.45, 2.75) is 51.2 Å². The first-order valence-electron chi connectivity index (χ1n) is 12.5. The summed E-state index contributed by atoms with van der Waals surface area (Å²) >= 11 is 0. The summed E-state index contributed by atoms with van der Waals surface area (Å²) in [5.41, 5.74) is 3.40. The molecule has 192 valence electrons. The third-order valence-corrected chi connectivity index (χ3v) is 6.65. The number of esters is 1. The van der Waals surface area contributed by atoms with Gasteiger partial charge in [-0.2, -0.15) is 5.10 Å². The predicted octanol–water partition coefficient (Wildman–Crippen LogP) is 4.20. The van der Waals surface area contributed by atoms with Gasteiger partial charge in [-0.15, -0.1) is 5.10 Å². The van der Waals surface area contributed by atoms with Crippen molar-refractivity contribution in [2.75, 3.05) is 13.7 Å². The Balaban J connectivity index is 1.26. The predicted molar refractivity (Wildman–Crippen MR) is 135 cm³/mol. The molecule has 1 saturated carbocycles. The van der Waals surface area contributed by atoms with E-state index in [0.29, 0.717) is 18.3 Å².